The monoisotopic (exact) mass is 211 g/mol. The minimum absolute atomic E-state index is 0.144. The molecule has 15 heavy (non-hydrogen) atoms. The van der Waals surface area contributed by atoms with Crippen LogP contribution >= 0.6 is 0 Å². The van der Waals surface area contributed by atoms with Gasteiger partial charge in [-0.1, -0.05) is 6.92 Å². The third-order valence-corrected chi connectivity index (χ3v) is 3.01. The van der Waals surface area contributed by atoms with Crippen molar-refractivity contribution in [3.8, 4) is 0 Å². The number of nitrogens with zero attached hydrogens (tertiary/aromatic N) is 2. The van der Waals surface area contributed by atoms with E-state index in [-0.39, 0.29) is 11.6 Å². The van der Waals surface area contributed by atoms with Crippen LogP contribution in [0.15, 0.2) is 12.3 Å². The Morgan fingerprint density at radius 2 is 2.27 bits per heavy atom. The van der Waals surface area contributed by atoms with E-state index >= 15 is 0 Å². The fraction of sp³-hybridized carbons (Fsp3) is 0.727. The standard InChI is InChI=1S/C11H21N3O/c1-5-11(3,15-6-2)10(12)9-7-8-13-14(9)4/h7-8,10H,5-6,12H2,1-4H3. The van der Waals surface area contributed by atoms with E-state index in [0.717, 1.165) is 12.1 Å². The zero-order chi connectivity index (χ0) is 11.5. The van der Waals surface area contributed by atoms with Crippen LogP contribution in [-0.4, -0.2) is 22.0 Å². The molecule has 0 amide bonds. The van der Waals surface area contributed by atoms with E-state index in [1.54, 1.807) is 10.9 Å². The Bertz CT molecular complexity index is 311. The summed E-state index contributed by atoms with van der Waals surface area (Å²) in [6.07, 6.45) is 2.64. The Morgan fingerprint density at radius 1 is 1.60 bits per heavy atom. The maximum atomic E-state index is 6.23. The number of nitrogens with two attached hydrogens (primary N) is 1. The third kappa shape index (κ3) is 2.38. The molecule has 0 aliphatic heterocycles. The summed E-state index contributed by atoms with van der Waals surface area (Å²) in [6, 6.07) is 1.80. The summed E-state index contributed by atoms with van der Waals surface area (Å²) < 4.78 is 7.56. The van der Waals surface area contributed by atoms with Crippen LogP contribution in [0.4, 0.5) is 0 Å². The van der Waals surface area contributed by atoms with Crippen LogP contribution in [0.2, 0.25) is 0 Å². The van der Waals surface area contributed by atoms with Gasteiger partial charge in [0.05, 0.1) is 17.3 Å². The summed E-state index contributed by atoms with van der Waals surface area (Å²) in [5.74, 6) is 0. The average molecular weight is 211 g/mol. The number of hydrogen-bond donors (Lipinski definition) is 1. The fourth-order valence-corrected chi connectivity index (χ4v) is 1.74. The first-order valence-corrected chi connectivity index (χ1v) is 5.42. The first kappa shape index (κ1) is 12.2. The molecule has 4 nitrogen and oxygen atoms in total. The molecule has 0 spiro atoms. The van der Waals surface area contributed by atoms with Gasteiger partial charge in [-0.3, -0.25) is 4.68 Å². The molecule has 0 fully saturated rings. The molecule has 1 heterocycles. The Hall–Kier alpha value is -0.870. The second-order valence-corrected chi connectivity index (χ2v) is 3.96. The summed E-state index contributed by atoms with van der Waals surface area (Å²) in [6.45, 7) is 6.81. The van der Waals surface area contributed by atoms with Gasteiger partial charge in [0.2, 0.25) is 0 Å². The number of ether oxygens (including phenoxy) is 1. The van der Waals surface area contributed by atoms with Gasteiger partial charge >= 0.3 is 0 Å². The molecular formula is C11H21N3O. The van der Waals surface area contributed by atoms with Gasteiger partial charge in [-0.05, 0) is 26.3 Å². The lowest BCUT2D eigenvalue weighted by Crippen LogP contribution is -2.41. The molecule has 2 atom stereocenters. The van der Waals surface area contributed by atoms with Crippen molar-refractivity contribution in [2.75, 3.05) is 6.61 Å². The lowest BCUT2D eigenvalue weighted by molar-refractivity contribution is -0.0488. The van der Waals surface area contributed by atoms with Crippen molar-refractivity contribution in [3.05, 3.63) is 18.0 Å². The van der Waals surface area contributed by atoms with Gasteiger partial charge in [0.1, 0.15) is 0 Å². The van der Waals surface area contributed by atoms with Crippen LogP contribution in [0.3, 0.4) is 0 Å². The predicted octanol–water partition coefficient (Wildman–Crippen LogP) is 1.63. The molecular weight excluding hydrogens is 190 g/mol. The van der Waals surface area contributed by atoms with E-state index in [4.69, 9.17) is 10.5 Å². The van der Waals surface area contributed by atoms with E-state index in [2.05, 4.69) is 12.0 Å². The zero-order valence-corrected chi connectivity index (χ0v) is 10.0. The van der Waals surface area contributed by atoms with Crippen LogP contribution < -0.4 is 5.73 Å². The van der Waals surface area contributed by atoms with Crippen molar-refractivity contribution in [1.82, 2.24) is 9.78 Å². The van der Waals surface area contributed by atoms with Crippen molar-refractivity contribution in [3.63, 3.8) is 0 Å². The molecule has 1 rings (SSSR count). The largest absolute Gasteiger partial charge is 0.374 e. The Kier molecular flexibility index (Phi) is 3.88. The van der Waals surface area contributed by atoms with Gasteiger partial charge in [-0.15, -0.1) is 0 Å². The first-order valence-electron chi connectivity index (χ1n) is 5.42. The minimum atomic E-state index is -0.317. The van der Waals surface area contributed by atoms with Crippen LogP contribution in [0.25, 0.3) is 0 Å². The molecule has 0 aliphatic rings. The smallest absolute Gasteiger partial charge is 0.0858 e. The molecule has 4 heteroatoms. The Balaban J connectivity index is 2.91. The molecule has 86 valence electrons. The van der Waals surface area contributed by atoms with E-state index in [9.17, 15) is 0 Å². The summed E-state index contributed by atoms with van der Waals surface area (Å²) in [7, 11) is 1.90. The van der Waals surface area contributed by atoms with Gasteiger partial charge in [-0.2, -0.15) is 5.10 Å². The summed E-state index contributed by atoms with van der Waals surface area (Å²) in [5.41, 5.74) is 6.92. The van der Waals surface area contributed by atoms with E-state index in [0.29, 0.717) is 6.61 Å². The van der Waals surface area contributed by atoms with Gasteiger partial charge in [0.15, 0.2) is 0 Å². The highest BCUT2D eigenvalue weighted by molar-refractivity contribution is 5.11. The molecule has 1 aromatic rings. The van der Waals surface area contributed by atoms with E-state index in [1.165, 1.54) is 0 Å². The molecule has 0 saturated heterocycles. The minimum Gasteiger partial charge on any atom is -0.374 e. The predicted molar refractivity (Wildman–Crippen MR) is 60.5 cm³/mol. The highest BCUT2D eigenvalue weighted by Gasteiger charge is 2.33. The van der Waals surface area contributed by atoms with Crippen molar-refractivity contribution in [2.24, 2.45) is 12.8 Å². The lowest BCUT2D eigenvalue weighted by atomic mass is 9.91. The molecule has 2 N–H and O–H groups in total. The normalized spacial score (nSPS) is 17.4. The second kappa shape index (κ2) is 4.77. The lowest BCUT2D eigenvalue weighted by Gasteiger charge is -2.34. The van der Waals surface area contributed by atoms with Crippen LogP contribution in [0, 0.1) is 0 Å². The van der Waals surface area contributed by atoms with Gasteiger partial charge in [-0.25, -0.2) is 0 Å². The molecule has 0 aromatic carbocycles. The SMILES string of the molecule is CCOC(C)(CC)C(N)c1ccnn1C. The van der Waals surface area contributed by atoms with Crippen LogP contribution in [-0.2, 0) is 11.8 Å². The summed E-state index contributed by atoms with van der Waals surface area (Å²) >= 11 is 0. The van der Waals surface area contributed by atoms with Crippen LogP contribution in [0.5, 0.6) is 0 Å². The summed E-state index contributed by atoms with van der Waals surface area (Å²) in [4.78, 5) is 0. The topological polar surface area (TPSA) is 53.1 Å². The third-order valence-electron chi connectivity index (χ3n) is 3.01. The molecule has 0 radical (unpaired) electrons. The first-order chi connectivity index (χ1) is 7.05. The van der Waals surface area contributed by atoms with Gasteiger partial charge in [0.25, 0.3) is 0 Å². The van der Waals surface area contributed by atoms with Crippen LogP contribution in [0.1, 0.15) is 38.9 Å². The van der Waals surface area contributed by atoms with Crippen molar-refractivity contribution in [1.29, 1.82) is 0 Å². The van der Waals surface area contributed by atoms with E-state index < -0.39 is 0 Å². The van der Waals surface area contributed by atoms with Crippen molar-refractivity contribution >= 4 is 0 Å². The molecule has 2 unspecified atom stereocenters. The molecule has 0 bridgehead atoms. The highest BCUT2D eigenvalue weighted by Crippen LogP contribution is 2.29. The van der Waals surface area contributed by atoms with E-state index in [1.807, 2.05) is 27.0 Å². The number of aromatic nitrogens is 2. The number of hydrogen-bond acceptors (Lipinski definition) is 3. The molecule has 1 aromatic heterocycles. The quantitative estimate of drug-likeness (QED) is 0.805. The van der Waals surface area contributed by atoms with Gasteiger partial charge in [0, 0.05) is 19.9 Å². The number of aryl methyl sites for hydroxylation is 1. The average Bonchev–Trinajstić information content (AvgIpc) is 2.63. The number of rotatable bonds is 5. The Labute approximate surface area is 91.4 Å². The second-order valence-electron chi connectivity index (χ2n) is 3.96. The fourth-order valence-electron chi connectivity index (χ4n) is 1.74. The van der Waals surface area contributed by atoms with Gasteiger partial charge < -0.3 is 10.5 Å². The summed E-state index contributed by atoms with van der Waals surface area (Å²) in [5, 5.41) is 4.13. The maximum absolute atomic E-state index is 6.23. The van der Waals surface area contributed by atoms with Crippen molar-refractivity contribution in [2.45, 2.75) is 38.8 Å². The van der Waals surface area contributed by atoms with Crippen molar-refractivity contribution < 1.29 is 4.74 Å². The zero-order valence-electron chi connectivity index (χ0n) is 10.0. The highest BCUT2D eigenvalue weighted by atomic mass is 16.5. The molecule has 0 saturated carbocycles. The molecule has 0 aliphatic carbocycles. The maximum Gasteiger partial charge on any atom is 0.0858 e. The Morgan fingerprint density at radius 3 is 2.67 bits per heavy atom.